The summed E-state index contributed by atoms with van der Waals surface area (Å²) in [6.07, 6.45) is 1.96. The quantitative estimate of drug-likeness (QED) is 0.678. The monoisotopic (exact) mass is 307 g/mol. The van der Waals surface area contributed by atoms with Gasteiger partial charge < -0.3 is 19.5 Å². The Hall–Kier alpha value is -2.08. The van der Waals surface area contributed by atoms with Crippen molar-refractivity contribution in [3.05, 3.63) is 29.8 Å². The van der Waals surface area contributed by atoms with Crippen LogP contribution in [0.4, 0.5) is 5.69 Å². The molecule has 1 aliphatic heterocycles. The van der Waals surface area contributed by atoms with Crippen LogP contribution in [-0.4, -0.2) is 36.1 Å². The number of carbonyl (C=O) groups is 2. The second-order valence-corrected chi connectivity index (χ2v) is 5.22. The minimum Gasteiger partial charge on any atom is -0.462 e. The van der Waals surface area contributed by atoms with Crippen molar-refractivity contribution in [1.82, 2.24) is 0 Å². The molecule has 1 heterocycles. The van der Waals surface area contributed by atoms with Crippen LogP contribution >= 0.6 is 0 Å². The normalized spacial score (nSPS) is 21.3. The van der Waals surface area contributed by atoms with E-state index in [-0.39, 0.29) is 0 Å². The molecule has 0 radical (unpaired) electrons. The Labute approximate surface area is 129 Å². The average Bonchev–Trinajstić information content (AvgIpc) is 2.47. The zero-order valence-corrected chi connectivity index (χ0v) is 12.9. The number of benzene rings is 1. The van der Waals surface area contributed by atoms with Crippen molar-refractivity contribution in [2.24, 2.45) is 0 Å². The van der Waals surface area contributed by atoms with Gasteiger partial charge in [-0.15, -0.1) is 0 Å². The van der Waals surface area contributed by atoms with E-state index in [1.54, 1.807) is 36.1 Å². The molecule has 6 heteroatoms. The number of hydrogen-bond donors (Lipinski definition) is 1. The highest BCUT2D eigenvalue weighted by Gasteiger charge is 2.40. The highest BCUT2D eigenvalue weighted by Crippen LogP contribution is 2.32. The van der Waals surface area contributed by atoms with E-state index in [9.17, 15) is 14.7 Å². The van der Waals surface area contributed by atoms with E-state index in [4.69, 9.17) is 9.47 Å². The molecule has 1 atom stereocenters. The first-order valence-electron chi connectivity index (χ1n) is 7.43. The smallest absolute Gasteiger partial charge is 0.338 e. The lowest BCUT2D eigenvalue weighted by Gasteiger charge is -2.43. The average molecular weight is 307 g/mol. The van der Waals surface area contributed by atoms with E-state index < -0.39 is 17.8 Å². The molecule has 0 bridgehead atoms. The standard InChI is InChI=1S/C16H21NO5/c1-3-21-15(19)13-7-6-8-14(11-13)17-10-5-4-9-16(17,20)22-12(2)18/h6-8,11,20H,3-5,9-10H2,1-2H3. The van der Waals surface area contributed by atoms with E-state index in [1.165, 1.54) is 6.92 Å². The second kappa shape index (κ2) is 6.79. The molecule has 0 aliphatic carbocycles. The van der Waals surface area contributed by atoms with Gasteiger partial charge in [0.05, 0.1) is 12.2 Å². The first-order chi connectivity index (χ1) is 10.5. The minimum absolute atomic E-state index is 0.296. The van der Waals surface area contributed by atoms with Crippen molar-refractivity contribution in [2.75, 3.05) is 18.1 Å². The van der Waals surface area contributed by atoms with Crippen molar-refractivity contribution in [1.29, 1.82) is 0 Å². The fourth-order valence-electron chi connectivity index (χ4n) is 2.62. The third-order valence-electron chi connectivity index (χ3n) is 3.53. The summed E-state index contributed by atoms with van der Waals surface area (Å²) in [5.74, 6) is -2.63. The molecule has 22 heavy (non-hydrogen) atoms. The minimum atomic E-state index is -1.67. The lowest BCUT2D eigenvalue weighted by molar-refractivity contribution is -0.214. The maximum Gasteiger partial charge on any atom is 0.338 e. The number of carbonyl (C=O) groups excluding carboxylic acids is 2. The predicted octanol–water partition coefficient (Wildman–Crippen LogP) is 2.06. The number of ether oxygens (including phenoxy) is 2. The molecule has 120 valence electrons. The van der Waals surface area contributed by atoms with Gasteiger partial charge >= 0.3 is 11.9 Å². The van der Waals surface area contributed by atoms with Crippen LogP contribution in [-0.2, 0) is 14.3 Å². The molecule has 0 amide bonds. The summed E-state index contributed by atoms with van der Waals surface area (Å²) in [5.41, 5.74) is 1.02. The molecule has 2 rings (SSSR count). The Bertz CT molecular complexity index is 559. The lowest BCUT2D eigenvalue weighted by atomic mass is 10.0. The van der Waals surface area contributed by atoms with Gasteiger partial charge in [-0.1, -0.05) is 6.07 Å². The molecule has 6 nitrogen and oxygen atoms in total. The highest BCUT2D eigenvalue weighted by molar-refractivity contribution is 5.90. The highest BCUT2D eigenvalue weighted by atomic mass is 16.7. The van der Waals surface area contributed by atoms with Gasteiger partial charge in [-0.05, 0) is 38.0 Å². The van der Waals surface area contributed by atoms with E-state index in [2.05, 4.69) is 0 Å². The van der Waals surface area contributed by atoms with Gasteiger partial charge in [-0.2, -0.15) is 0 Å². The summed E-state index contributed by atoms with van der Waals surface area (Å²) in [6.45, 7) is 3.84. The van der Waals surface area contributed by atoms with Gasteiger partial charge in [-0.25, -0.2) is 4.79 Å². The van der Waals surface area contributed by atoms with Crippen LogP contribution in [0.15, 0.2) is 24.3 Å². The van der Waals surface area contributed by atoms with Gasteiger partial charge in [0.15, 0.2) is 0 Å². The Balaban J connectivity index is 2.29. The number of piperidine rings is 1. The fourth-order valence-corrected chi connectivity index (χ4v) is 2.62. The molecule has 0 aromatic heterocycles. The molecule has 1 N–H and O–H groups in total. The zero-order valence-electron chi connectivity index (χ0n) is 12.9. The van der Waals surface area contributed by atoms with E-state index in [0.717, 1.165) is 12.8 Å². The summed E-state index contributed by atoms with van der Waals surface area (Å²) in [4.78, 5) is 24.7. The van der Waals surface area contributed by atoms with Crippen molar-refractivity contribution < 1.29 is 24.2 Å². The van der Waals surface area contributed by atoms with Crippen molar-refractivity contribution >= 4 is 17.6 Å². The molecule has 0 spiro atoms. The number of rotatable bonds is 4. The van der Waals surface area contributed by atoms with Crippen LogP contribution in [0.5, 0.6) is 0 Å². The van der Waals surface area contributed by atoms with Crippen molar-refractivity contribution in [2.45, 2.75) is 39.0 Å². The Morgan fingerprint density at radius 2 is 2.14 bits per heavy atom. The molecule has 1 unspecified atom stereocenters. The van der Waals surface area contributed by atoms with Gasteiger partial charge in [0.2, 0.25) is 0 Å². The van der Waals surface area contributed by atoms with Gasteiger partial charge in [0.25, 0.3) is 5.91 Å². The third kappa shape index (κ3) is 3.57. The maximum atomic E-state index is 11.8. The molecule has 0 saturated carbocycles. The van der Waals surface area contributed by atoms with Gasteiger partial charge in [0, 0.05) is 25.6 Å². The van der Waals surface area contributed by atoms with E-state index in [1.807, 2.05) is 0 Å². The van der Waals surface area contributed by atoms with Crippen LogP contribution in [0.3, 0.4) is 0 Å². The molecule has 1 fully saturated rings. The van der Waals surface area contributed by atoms with Crippen molar-refractivity contribution in [3.63, 3.8) is 0 Å². The second-order valence-electron chi connectivity index (χ2n) is 5.22. The van der Waals surface area contributed by atoms with Crippen LogP contribution in [0.2, 0.25) is 0 Å². The summed E-state index contributed by atoms with van der Waals surface area (Å²) >= 11 is 0. The van der Waals surface area contributed by atoms with Crippen LogP contribution in [0, 0.1) is 0 Å². The summed E-state index contributed by atoms with van der Waals surface area (Å²) in [6, 6.07) is 6.76. The lowest BCUT2D eigenvalue weighted by Crippen LogP contribution is -2.55. The van der Waals surface area contributed by atoms with Gasteiger partial charge in [0.1, 0.15) is 0 Å². The Kier molecular flexibility index (Phi) is 5.03. The number of nitrogens with zero attached hydrogens (tertiary/aromatic N) is 1. The van der Waals surface area contributed by atoms with E-state index >= 15 is 0 Å². The Morgan fingerprint density at radius 3 is 2.82 bits per heavy atom. The first-order valence-corrected chi connectivity index (χ1v) is 7.43. The topological polar surface area (TPSA) is 76.1 Å². The molecular weight excluding hydrogens is 286 g/mol. The number of aliphatic hydroxyl groups is 1. The first kappa shape index (κ1) is 16.3. The van der Waals surface area contributed by atoms with Crippen LogP contribution in [0.1, 0.15) is 43.5 Å². The largest absolute Gasteiger partial charge is 0.462 e. The summed E-state index contributed by atoms with van der Waals surface area (Å²) < 4.78 is 10.1. The number of esters is 2. The zero-order chi connectivity index (χ0) is 16.2. The Morgan fingerprint density at radius 1 is 1.36 bits per heavy atom. The van der Waals surface area contributed by atoms with E-state index in [0.29, 0.717) is 30.8 Å². The summed E-state index contributed by atoms with van der Waals surface area (Å²) in [7, 11) is 0. The molecule has 1 saturated heterocycles. The van der Waals surface area contributed by atoms with Crippen LogP contribution < -0.4 is 4.90 Å². The van der Waals surface area contributed by atoms with Crippen molar-refractivity contribution in [3.8, 4) is 0 Å². The molecule has 1 aromatic carbocycles. The van der Waals surface area contributed by atoms with Crippen LogP contribution in [0.25, 0.3) is 0 Å². The number of anilines is 1. The summed E-state index contributed by atoms with van der Waals surface area (Å²) in [5, 5.41) is 10.7. The molecular formula is C16H21NO5. The predicted molar refractivity (Wildman–Crippen MR) is 80.3 cm³/mol. The SMILES string of the molecule is CCOC(=O)c1cccc(N2CCCCC2(O)OC(C)=O)c1. The fraction of sp³-hybridized carbons (Fsp3) is 0.500. The molecule has 1 aliphatic rings. The number of hydrogen-bond acceptors (Lipinski definition) is 6. The third-order valence-corrected chi connectivity index (χ3v) is 3.53. The maximum absolute atomic E-state index is 11.8. The molecule has 1 aromatic rings. The van der Waals surface area contributed by atoms with Gasteiger partial charge in [-0.3, -0.25) is 4.79 Å².